The molecule has 2 aromatic rings. The summed E-state index contributed by atoms with van der Waals surface area (Å²) < 4.78 is 0. The van der Waals surface area contributed by atoms with E-state index in [1.165, 1.54) is 24.0 Å². The van der Waals surface area contributed by atoms with Crippen molar-refractivity contribution in [3.63, 3.8) is 0 Å². The minimum Gasteiger partial charge on any atom is -0.396 e. The fraction of sp³-hybridized carbons (Fsp3) is 0.667. The van der Waals surface area contributed by atoms with E-state index in [2.05, 4.69) is 66.1 Å². The molecule has 34 heavy (non-hydrogen) atoms. The second-order valence-electron chi connectivity index (χ2n) is 11.3. The average Bonchev–Trinajstić information content (AvgIpc) is 2.85. The molecule has 1 fully saturated rings. The first-order valence-electron chi connectivity index (χ1n) is 12.8. The fourth-order valence-electron chi connectivity index (χ4n) is 5.45. The number of aliphatic hydroxyl groups excluding tert-OH is 2. The average molecular weight is 468 g/mol. The summed E-state index contributed by atoms with van der Waals surface area (Å²) in [7, 11) is 0. The monoisotopic (exact) mass is 467 g/mol. The van der Waals surface area contributed by atoms with Gasteiger partial charge in [0.25, 0.3) is 0 Å². The lowest BCUT2D eigenvalue weighted by Gasteiger charge is -2.42. The smallest absolute Gasteiger partial charge is 0.228 e. The number of hydrogen-bond acceptors (Lipinski definition) is 7. The van der Waals surface area contributed by atoms with E-state index in [0.717, 1.165) is 49.7 Å². The number of piperidine rings is 1. The summed E-state index contributed by atoms with van der Waals surface area (Å²) in [6.07, 6.45) is 7.46. The lowest BCUT2D eigenvalue weighted by atomic mass is 9.63. The third kappa shape index (κ3) is 5.42. The van der Waals surface area contributed by atoms with Crippen LogP contribution in [0.2, 0.25) is 0 Å². The van der Waals surface area contributed by atoms with Crippen LogP contribution in [0.25, 0.3) is 11.4 Å². The van der Waals surface area contributed by atoms with Gasteiger partial charge in [-0.25, -0.2) is 9.97 Å². The van der Waals surface area contributed by atoms with Crippen LogP contribution in [0, 0.1) is 0 Å². The maximum absolute atomic E-state index is 9.61. The van der Waals surface area contributed by atoms with Crippen LogP contribution >= 0.6 is 0 Å². The molecule has 7 heteroatoms. The van der Waals surface area contributed by atoms with Gasteiger partial charge in [-0.3, -0.25) is 0 Å². The minimum absolute atomic E-state index is 0.0470. The molecule has 2 aliphatic rings. The van der Waals surface area contributed by atoms with E-state index in [-0.39, 0.29) is 30.1 Å². The van der Waals surface area contributed by atoms with Crippen LogP contribution in [0.4, 0.5) is 5.95 Å². The number of rotatable bonds is 8. The molecule has 1 saturated heterocycles. The molecule has 1 aliphatic carbocycles. The molecule has 1 unspecified atom stereocenters. The van der Waals surface area contributed by atoms with E-state index in [1.807, 2.05) is 0 Å². The van der Waals surface area contributed by atoms with Gasteiger partial charge >= 0.3 is 0 Å². The molecule has 186 valence electrons. The molecule has 0 spiro atoms. The summed E-state index contributed by atoms with van der Waals surface area (Å²) in [5.74, 6) is 1.47. The van der Waals surface area contributed by atoms with Gasteiger partial charge in [0.2, 0.25) is 5.95 Å². The summed E-state index contributed by atoms with van der Waals surface area (Å²) >= 11 is 0. The van der Waals surface area contributed by atoms with E-state index >= 15 is 0 Å². The standard InChI is InChI=1S/C27H41N5O2/c1-26(2)11-12-27(3,4)23-16-19(7-8-22(23)26)24-28-18-29-25(31-24)32-13-9-20(10-14-32)30-21(17-34)6-5-15-33/h7-8,16,18,20-21,30,33-34H,5-6,9-15,17H2,1-4H3. The molecular formula is C27H41N5O2. The van der Waals surface area contributed by atoms with Gasteiger partial charge in [-0.05, 0) is 66.5 Å². The van der Waals surface area contributed by atoms with Gasteiger partial charge in [-0.15, -0.1) is 0 Å². The highest BCUT2D eigenvalue weighted by atomic mass is 16.3. The van der Waals surface area contributed by atoms with Crippen molar-refractivity contribution in [1.82, 2.24) is 20.3 Å². The minimum atomic E-state index is 0.0470. The van der Waals surface area contributed by atoms with Gasteiger partial charge in [0.1, 0.15) is 6.33 Å². The Labute approximate surface area is 204 Å². The molecule has 3 N–H and O–H groups in total. The molecule has 0 saturated carbocycles. The predicted octanol–water partition coefficient (Wildman–Crippen LogP) is 3.58. The van der Waals surface area contributed by atoms with Crippen LogP contribution in [0.1, 0.15) is 77.3 Å². The van der Waals surface area contributed by atoms with Crippen LogP contribution in [0.15, 0.2) is 24.5 Å². The largest absolute Gasteiger partial charge is 0.396 e. The zero-order chi connectivity index (χ0) is 24.3. The van der Waals surface area contributed by atoms with Crippen molar-refractivity contribution < 1.29 is 10.2 Å². The summed E-state index contributed by atoms with van der Waals surface area (Å²) in [5, 5.41) is 22.2. The maximum atomic E-state index is 9.61. The third-order valence-corrected chi connectivity index (χ3v) is 7.85. The molecule has 4 rings (SSSR count). The van der Waals surface area contributed by atoms with Crippen LogP contribution in [0.3, 0.4) is 0 Å². The van der Waals surface area contributed by atoms with Crippen molar-refractivity contribution >= 4 is 5.95 Å². The van der Waals surface area contributed by atoms with E-state index in [0.29, 0.717) is 12.5 Å². The van der Waals surface area contributed by atoms with Crippen molar-refractivity contribution in [3.05, 3.63) is 35.7 Å². The van der Waals surface area contributed by atoms with Gasteiger partial charge < -0.3 is 20.4 Å². The summed E-state index contributed by atoms with van der Waals surface area (Å²) in [5.41, 5.74) is 4.25. The lowest BCUT2D eigenvalue weighted by molar-refractivity contribution is 0.201. The Balaban J connectivity index is 1.46. The van der Waals surface area contributed by atoms with Crippen molar-refractivity contribution in [3.8, 4) is 11.4 Å². The first kappa shape index (κ1) is 25.0. The van der Waals surface area contributed by atoms with E-state index in [4.69, 9.17) is 10.1 Å². The molecule has 7 nitrogen and oxygen atoms in total. The Kier molecular flexibility index (Phi) is 7.55. The van der Waals surface area contributed by atoms with Crippen molar-refractivity contribution in [2.75, 3.05) is 31.2 Å². The quantitative estimate of drug-likeness (QED) is 0.546. The number of anilines is 1. The molecular weight excluding hydrogens is 426 g/mol. The molecule has 1 atom stereocenters. The number of aromatic nitrogens is 3. The van der Waals surface area contributed by atoms with Crippen LogP contribution in [-0.2, 0) is 10.8 Å². The summed E-state index contributed by atoms with van der Waals surface area (Å²) in [4.78, 5) is 16.1. The number of hydrogen-bond donors (Lipinski definition) is 3. The Hall–Kier alpha value is -2.09. The first-order valence-corrected chi connectivity index (χ1v) is 12.8. The second kappa shape index (κ2) is 10.3. The highest BCUT2D eigenvalue weighted by Gasteiger charge is 2.37. The highest BCUT2D eigenvalue weighted by Crippen LogP contribution is 2.46. The zero-order valence-corrected chi connectivity index (χ0v) is 21.2. The SMILES string of the molecule is CC1(C)CCC(C)(C)c2cc(-c3ncnc(N4CCC(NC(CO)CCCO)CC4)n3)ccc21. The van der Waals surface area contributed by atoms with E-state index in [9.17, 15) is 5.11 Å². The van der Waals surface area contributed by atoms with Crippen molar-refractivity contribution in [1.29, 1.82) is 0 Å². The van der Waals surface area contributed by atoms with Gasteiger partial charge in [0, 0.05) is 37.3 Å². The number of aliphatic hydroxyl groups is 2. The van der Waals surface area contributed by atoms with E-state index < -0.39 is 0 Å². The van der Waals surface area contributed by atoms with Gasteiger partial charge in [0.05, 0.1) is 6.61 Å². The number of fused-ring (bicyclic) bond motifs is 1. The molecule has 1 aromatic carbocycles. The van der Waals surface area contributed by atoms with Crippen LogP contribution < -0.4 is 10.2 Å². The van der Waals surface area contributed by atoms with Crippen LogP contribution in [-0.4, -0.2) is 63.6 Å². The summed E-state index contributed by atoms with van der Waals surface area (Å²) in [6.45, 7) is 11.4. The van der Waals surface area contributed by atoms with Crippen molar-refractivity contribution in [2.45, 2.75) is 89.1 Å². The fourth-order valence-corrected chi connectivity index (χ4v) is 5.45. The maximum Gasteiger partial charge on any atom is 0.228 e. The molecule has 2 heterocycles. The van der Waals surface area contributed by atoms with E-state index in [1.54, 1.807) is 6.33 Å². The molecule has 0 amide bonds. The lowest BCUT2D eigenvalue weighted by Crippen LogP contribution is -2.47. The third-order valence-electron chi connectivity index (χ3n) is 7.85. The number of benzene rings is 1. The van der Waals surface area contributed by atoms with Crippen molar-refractivity contribution in [2.24, 2.45) is 0 Å². The highest BCUT2D eigenvalue weighted by molar-refractivity contribution is 5.61. The Morgan fingerprint density at radius 1 is 1.03 bits per heavy atom. The predicted molar refractivity (Wildman–Crippen MR) is 136 cm³/mol. The normalized spacial score (nSPS) is 20.7. The van der Waals surface area contributed by atoms with Gasteiger partial charge in [-0.2, -0.15) is 4.98 Å². The van der Waals surface area contributed by atoms with Gasteiger partial charge in [-0.1, -0.05) is 39.8 Å². The first-order chi connectivity index (χ1) is 16.2. The molecule has 1 aromatic heterocycles. The number of nitrogens with zero attached hydrogens (tertiary/aromatic N) is 4. The Morgan fingerprint density at radius 2 is 1.74 bits per heavy atom. The molecule has 0 radical (unpaired) electrons. The van der Waals surface area contributed by atoms with Gasteiger partial charge in [0.15, 0.2) is 5.82 Å². The molecule has 1 aliphatic heterocycles. The second-order valence-corrected chi connectivity index (χ2v) is 11.3. The topological polar surface area (TPSA) is 94.4 Å². The van der Waals surface area contributed by atoms with Crippen LogP contribution in [0.5, 0.6) is 0 Å². The Morgan fingerprint density at radius 3 is 2.41 bits per heavy atom. The molecule has 0 bridgehead atoms. The zero-order valence-electron chi connectivity index (χ0n) is 21.2. The number of nitrogens with one attached hydrogen (secondary N) is 1. The summed E-state index contributed by atoms with van der Waals surface area (Å²) in [6, 6.07) is 7.15. The Bertz CT molecular complexity index is 969.